The van der Waals surface area contributed by atoms with Crippen molar-refractivity contribution >= 4 is 29.2 Å². The lowest BCUT2D eigenvalue weighted by atomic mass is 9.85. The van der Waals surface area contributed by atoms with Crippen LogP contribution in [-0.4, -0.2) is 22.9 Å². The number of amides is 3. The first-order valence-corrected chi connectivity index (χ1v) is 8.94. The van der Waals surface area contributed by atoms with Crippen LogP contribution in [0.25, 0.3) is 0 Å². The van der Waals surface area contributed by atoms with E-state index >= 15 is 0 Å². The summed E-state index contributed by atoms with van der Waals surface area (Å²) in [4.78, 5) is 39.2. The van der Waals surface area contributed by atoms with Crippen molar-refractivity contribution in [2.45, 2.75) is 13.3 Å². The summed E-state index contributed by atoms with van der Waals surface area (Å²) in [6, 6.07) is 8.08. The maximum atomic E-state index is 12.8. The molecule has 0 radical (unpaired) electrons. The van der Waals surface area contributed by atoms with Gasteiger partial charge in [0.25, 0.3) is 5.91 Å². The fourth-order valence-corrected chi connectivity index (χ4v) is 4.53. The van der Waals surface area contributed by atoms with E-state index in [4.69, 9.17) is 4.52 Å². The average molecular weight is 363 g/mol. The first-order chi connectivity index (χ1) is 13.0. The van der Waals surface area contributed by atoms with E-state index in [1.54, 1.807) is 37.3 Å². The van der Waals surface area contributed by atoms with Crippen LogP contribution in [0.4, 0.5) is 11.5 Å². The first-order valence-electron chi connectivity index (χ1n) is 8.94. The zero-order chi connectivity index (χ0) is 18.7. The van der Waals surface area contributed by atoms with Crippen LogP contribution in [-0.2, 0) is 9.59 Å². The minimum Gasteiger partial charge on any atom is -0.360 e. The molecule has 3 aliphatic rings. The molecular weight excluding hydrogens is 346 g/mol. The molecule has 2 heterocycles. The van der Waals surface area contributed by atoms with Gasteiger partial charge in [-0.05, 0) is 49.4 Å². The predicted octanol–water partition coefficient (Wildman–Crippen LogP) is 2.55. The molecule has 27 heavy (non-hydrogen) atoms. The van der Waals surface area contributed by atoms with E-state index in [0.717, 1.165) is 6.42 Å². The molecule has 7 nitrogen and oxygen atoms in total. The Bertz CT molecular complexity index is 961. The van der Waals surface area contributed by atoms with Crippen molar-refractivity contribution in [2.24, 2.45) is 23.7 Å². The van der Waals surface area contributed by atoms with Gasteiger partial charge < -0.3 is 9.84 Å². The molecule has 1 aromatic carbocycles. The van der Waals surface area contributed by atoms with Crippen LogP contribution >= 0.6 is 0 Å². The molecule has 0 unspecified atom stereocenters. The Labute approximate surface area is 155 Å². The minimum absolute atomic E-state index is 0.128. The normalized spacial score (nSPS) is 28.1. The SMILES string of the molecule is Cc1cc(NC(=O)c2ccc(N3C(=O)[C@@H]4[C@H](C3=O)[C@H]3C=C[C@@H]4C3)cc2)no1. The molecule has 5 rings (SSSR count). The number of hydrogen-bond acceptors (Lipinski definition) is 5. The van der Waals surface area contributed by atoms with Gasteiger partial charge in [-0.2, -0.15) is 0 Å². The highest BCUT2D eigenvalue weighted by Gasteiger charge is 2.59. The Balaban J connectivity index is 1.36. The smallest absolute Gasteiger partial charge is 0.256 e. The molecule has 7 heteroatoms. The van der Waals surface area contributed by atoms with Crippen molar-refractivity contribution in [3.05, 3.63) is 53.8 Å². The molecule has 1 aliphatic heterocycles. The first kappa shape index (κ1) is 16.0. The molecule has 1 aromatic heterocycles. The Morgan fingerprint density at radius 1 is 1.11 bits per heavy atom. The Morgan fingerprint density at radius 3 is 2.30 bits per heavy atom. The van der Waals surface area contributed by atoms with E-state index < -0.39 is 0 Å². The summed E-state index contributed by atoms with van der Waals surface area (Å²) in [6.07, 6.45) is 5.04. The summed E-state index contributed by atoms with van der Waals surface area (Å²) in [6.45, 7) is 1.73. The van der Waals surface area contributed by atoms with Crippen LogP contribution in [0.2, 0.25) is 0 Å². The number of nitrogens with zero attached hydrogens (tertiary/aromatic N) is 2. The van der Waals surface area contributed by atoms with E-state index in [9.17, 15) is 14.4 Å². The third-order valence-electron chi connectivity index (χ3n) is 5.73. The lowest BCUT2D eigenvalue weighted by molar-refractivity contribution is -0.123. The van der Waals surface area contributed by atoms with Gasteiger partial charge in [-0.15, -0.1) is 0 Å². The Morgan fingerprint density at radius 2 is 1.74 bits per heavy atom. The van der Waals surface area contributed by atoms with Crippen LogP contribution in [0.15, 0.2) is 47.0 Å². The topological polar surface area (TPSA) is 92.5 Å². The van der Waals surface area contributed by atoms with E-state index in [1.807, 2.05) is 0 Å². The number of nitrogens with one attached hydrogen (secondary N) is 1. The van der Waals surface area contributed by atoms with Gasteiger partial charge in [-0.1, -0.05) is 17.3 Å². The molecule has 2 bridgehead atoms. The molecule has 2 fully saturated rings. The lowest BCUT2D eigenvalue weighted by Crippen LogP contribution is -2.32. The maximum Gasteiger partial charge on any atom is 0.256 e. The van der Waals surface area contributed by atoms with Gasteiger partial charge in [0.2, 0.25) is 11.8 Å². The molecule has 2 aromatic rings. The van der Waals surface area contributed by atoms with Crippen LogP contribution in [0.3, 0.4) is 0 Å². The average Bonchev–Trinajstić information content (AvgIpc) is 3.41. The summed E-state index contributed by atoms with van der Waals surface area (Å²) >= 11 is 0. The maximum absolute atomic E-state index is 12.8. The third-order valence-corrected chi connectivity index (χ3v) is 5.73. The van der Waals surface area contributed by atoms with Crippen LogP contribution < -0.4 is 10.2 Å². The second kappa shape index (κ2) is 5.64. The number of fused-ring (bicyclic) bond motifs is 5. The number of carbonyl (C=O) groups excluding carboxylic acids is 3. The number of carbonyl (C=O) groups is 3. The van der Waals surface area contributed by atoms with Crippen molar-refractivity contribution in [2.75, 3.05) is 10.2 Å². The summed E-state index contributed by atoms with van der Waals surface area (Å²) in [7, 11) is 0. The van der Waals surface area contributed by atoms with Gasteiger partial charge in [0, 0.05) is 11.6 Å². The van der Waals surface area contributed by atoms with Crippen LogP contribution in [0, 0.1) is 30.6 Å². The molecule has 2 aliphatic carbocycles. The molecular formula is C20H17N3O4. The largest absolute Gasteiger partial charge is 0.360 e. The number of anilines is 2. The van der Waals surface area contributed by atoms with Gasteiger partial charge in [-0.25, -0.2) is 0 Å². The summed E-state index contributed by atoms with van der Waals surface area (Å²) < 4.78 is 4.92. The Hall–Kier alpha value is -3.22. The van der Waals surface area contributed by atoms with E-state index in [0.29, 0.717) is 22.8 Å². The second-order valence-electron chi connectivity index (χ2n) is 7.34. The standard InChI is InChI=1S/C20H17N3O4/c1-10-8-15(22-27-10)21-18(24)11-4-6-14(7-5-11)23-19(25)16-12-2-3-13(9-12)17(16)20(23)26/h2-8,12-13,16-17H,9H2,1H3,(H,21,22,24)/t12-,13+,16+,17-. The highest BCUT2D eigenvalue weighted by Crippen LogP contribution is 2.53. The van der Waals surface area contributed by atoms with Gasteiger partial charge in [0.05, 0.1) is 17.5 Å². The Kier molecular flexibility index (Phi) is 3.34. The summed E-state index contributed by atoms with van der Waals surface area (Å²) in [5, 5.41) is 6.36. The highest BCUT2D eigenvalue weighted by atomic mass is 16.5. The minimum atomic E-state index is -0.340. The third kappa shape index (κ3) is 2.34. The van der Waals surface area contributed by atoms with Crippen molar-refractivity contribution in [3.63, 3.8) is 0 Å². The van der Waals surface area contributed by atoms with Crippen LogP contribution in [0.1, 0.15) is 22.5 Å². The monoisotopic (exact) mass is 363 g/mol. The van der Waals surface area contributed by atoms with Crippen molar-refractivity contribution in [1.29, 1.82) is 0 Å². The van der Waals surface area contributed by atoms with E-state index in [1.165, 1.54) is 4.90 Å². The molecule has 3 amide bonds. The number of aryl methyl sites for hydroxylation is 1. The van der Waals surface area contributed by atoms with Crippen molar-refractivity contribution in [1.82, 2.24) is 5.16 Å². The number of rotatable bonds is 3. The van der Waals surface area contributed by atoms with Crippen LogP contribution in [0.5, 0.6) is 0 Å². The molecule has 1 saturated carbocycles. The molecule has 0 spiro atoms. The number of aromatic nitrogens is 1. The fraction of sp³-hybridized carbons (Fsp3) is 0.300. The number of hydrogen-bond donors (Lipinski definition) is 1. The highest BCUT2D eigenvalue weighted by molar-refractivity contribution is 6.23. The molecule has 1 N–H and O–H groups in total. The fourth-order valence-electron chi connectivity index (χ4n) is 4.53. The van der Waals surface area contributed by atoms with Crippen molar-refractivity contribution in [3.8, 4) is 0 Å². The number of imide groups is 1. The molecule has 4 atom stereocenters. The summed E-state index contributed by atoms with van der Waals surface area (Å²) in [5.41, 5.74) is 0.910. The molecule has 136 valence electrons. The van der Waals surface area contributed by atoms with Gasteiger partial charge in [0.1, 0.15) is 5.76 Å². The number of benzene rings is 1. The quantitative estimate of drug-likeness (QED) is 0.668. The van der Waals surface area contributed by atoms with Crippen molar-refractivity contribution < 1.29 is 18.9 Å². The van der Waals surface area contributed by atoms with Gasteiger partial charge >= 0.3 is 0 Å². The zero-order valence-corrected chi connectivity index (χ0v) is 14.6. The van der Waals surface area contributed by atoms with E-state index in [2.05, 4.69) is 22.6 Å². The zero-order valence-electron chi connectivity index (χ0n) is 14.6. The number of allylic oxidation sites excluding steroid dienone is 2. The molecule has 1 saturated heterocycles. The second-order valence-corrected chi connectivity index (χ2v) is 7.34. The van der Waals surface area contributed by atoms with E-state index in [-0.39, 0.29) is 41.4 Å². The van der Waals surface area contributed by atoms with Gasteiger partial charge in [0.15, 0.2) is 5.82 Å². The summed E-state index contributed by atoms with van der Waals surface area (Å²) in [5.74, 6) is 0.233. The van der Waals surface area contributed by atoms with Gasteiger partial charge in [-0.3, -0.25) is 19.3 Å². The predicted molar refractivity (Wildman–Crippen MR) is 95.8 cm³/mol. The lowest BCUT2D eigenvalue weighted by Gasteiger charge is -2.17.